The minimum Gasteiger partial charge on any atom is -0.478 e. The fourth-order valence-corrected chi connectivity index (χ4v) is 3.20. The fraction of sp³-hybridized carbons (Fsp3) is 0.588. The summed E-state index contributed by atoms with van der Waals surface area (Å²) >= 11 is 0. The number of benzene rings is 1. The first-order valence-electron chi connectivity index (χ1n) is 7.70. The van der Waals surface area contributed by atoms with E-state index in [0.29, 0.717) is 5.56 Å². The summed E-state index contributed by atoms with van der Waals surface area (Å²) < 4.78 is 0. The molecule has 20 heavy (non-hydrogen) atoms. The lowest BCUT2D eigenvalue weighted by Crippen LogP contribution is -2.24. The highest BCUT2D eigenvalue weighted by Crippen LogP contribution is 2.26. The molecule has 1 fully saturated rings. The van der Waals surface area contributed by atoms with E-state index in [2.05, 4.69) is 11.8 Å². The fourth-order valence-electron chi connectivity index (χ4n) is 3.20. The molecular formula is C17H25NO2. The van der Waals surface area contributed by atoms with Gasteiger partial charge in [-0.2, -0.15) is 0 Å². The van der Waals surface area contributed by atoms with Crippen LogP contribution >= 0.6 is 0 Å². The maximum atomic E-state index is 11.1. The van der Waals surface area contributed by atoms with E-state index in [-0.39, 0.29) is 0 Å². The van der Waals surface area contributed by atoms with Crippen LogP contribution in [0.5, 0.6) is 0 Å². The van der Waals surface area contributed by atoms with E-state index >= 15 is 0 Å². The van der Waals surface area contributed by atoms with Gasteiger partial charge in [0.25, 0.3) is 0 Å². The lowest BCUT2D eigenvalue weighted by molar-refractivity contribution is 0.0696. The van der Waals surface area contributed by atoms with Crippen molar-refractivity contribution in [2.45, 2.75) is 46.0 Å². The van der Waals surface area contributed by atoms with E-state index in [1.807, 2.05) is 19.1 Å². The first-order chi connectivity index (χ1) is 9.61. The second-order valence-electron chi connectivity index (χ2n) is 5.88. The van der Waals surface area contributed by atoms with Crippen LogP contribution in [-0.2, 0) is 0 Å². The molecule has 0 spiro atoms. The minimum atomic E-state index is -0.840. The van der Waals surface area contributed by atoms with Crippen molar-refractivity contribution in [3.63, 3.8) is 0 Å². The Kier molecular flexibility index (Phi) is 5.05. The maximum absolute atomic E-state index is 11.1. The Labute approximate surface area is 121 Å². The molecule has 1 N–H and O–H groups in total. The summed E-state index contributed by atoms with van der Waals surface area (Å²) in [5.74, 6) is 0.0253. The molecule has 1 atom stereocenters. The third-order valence-electron chi connectivity index (χ3n) is 4.35. The van der Waals surface area contributed by atoms with Crippen molar-refractivity contribution in [2.75, 3.05) is 18.0 Å². The summed E-state index contributed by atoms with van der Waals surface area (Å²) in [6.45, 7) is 6.32. The Morgan fingerprint density at radius 3 is 2.80 bits per heavy atom. The van der Waals surface area contributed by atoms with Crippen molar-refractivity contribution in [2.24, 2.45) is 5.92 Å². The molecule has 3 heteroatoms. The molecule has 0 aliphatic carbocycles. The van der Waals surface area contributed by atoms with Crippen molar-refractivity contribution in [1.29, 1.82) is 0 Å². The number of aromatic carboxylic acids is 1. The number of aryl methyl sites for hydroxylation is 1. The van der Waals surface area contributed by atoms with Gasteiger partial charge in [0.1, 0.15) is 0 Å². The van der Waals surface area contributed by atoms with E-state index in [1.165, 1.54) is 37.8 Å². The number of anilines is 1. The van der Waals surface area contributed by atoms with E-state index in [0.717, 1.165) is 24.6 Å². The highest BCUT2D eigenvalue weighted by atomic mass is 16.4. The SMILES string of the molecule is CCCC1CCCN(c2ccc(C(=O)O)c(C)c2)CC1. The Morgan fingerprint density at radius 2 is 2.15 bits per heavy atom. The van der Waals surface area contributed by atoms with Crippen molar-refractivity contribution < 1.29 is 9.90 Å². The van der Waals surface area contributed by atoms with E-state index in [1.54, 1.807) is 6.07 Å². The zero-order valence-corrected chi connectivity index (χ0v) is 12.6. The smallest absolute Gasteiger partial charge is 0.335 e. The maximum Gasteiger partial charge on any atom is 0.335 e. The third-order valence-corrected chi connectivity index (χ3v) is 4.35. The van der Waals surface area contributed by atoms with Crippen LogP contribution in [0.25, 0.3) is 0 Å². The molecule has 1 aromatic rings. The molecule has 0 amide bonds. The second kappa shape index (κ2) is 6.78. The van der Waals surface area contributed by atoms with Crippen LogP contribution < -0.4 is 4.90 Å². The van der Waals surface area contributed by atoms with Gasteiger partial charge in [-0.05, 0) is 55.9 Å². The average Bonchev–Trinajstić information content (AvgIpc) is 2.64. The molecule has 110 valence electrons. The molecule has 0 radical (unpaired) electrons. The summed E-state index contributed by atoms with van der Waals surface area (Å²) in [6.07, 6.45) is 6.44. The number of nitrogens with zero attached hydrogens (tertiary/aromatic N) is 1. The van der Waals surface area contributed by atoms with Crippen molar-refractivity contribution in [3.8, 4) is 0 Å². The monoisotopic (exact) mass is 275 g/mol. The Hall–Kier alpha value is -1.51. The topological polar surface area (TPSA) is 40.5 Å². The van der Waals surface area contributed by atoms with Gasteiger partial charge in [0.2, 0.25) is 0 Å². The standard InChI is InChI=1S/C17H25NO2/c1-3-5-14-6-4-10-18(11-9-14)15-7-8-16(17(19)20)13(2)12-15/h7-8,12,14H,3-6,9-11H2,1-2H3,(H,19,20). The molecule has 0 bridgehead atoms. The first kappa shape index (κ1) is 14.9. The normalized spacial score (nSPS) is 19.7. The van der Waals surface area contributed by atoms with Crippen LogP contribution in [0.1, 0.15) is 54.9 Å². The molecule has 1 aromatic carbocycles. The van der Waals surface area contributed by atoms with E-state index in [4.69, 9.17) is 5.11 Å². The summed E-state index contributed by atoms with van der Waals surface area (Å²) in [6, 6.07) is 5.71. The molecule has 0 saturated carbocycles. The number of hydrogen-bond acceptors (Lipinski definition) is 2. The lowest BCUT2D eigenvalue weighted by atomic mass is 9.96. The summed E-state index contributed by atoms with van der Waals surface area (Å²) in [5.41, 5.74) is 2.43. The molecule has 1 heterocycles. The van der Waals surface area contributed by atoms with Crippen molar-refractivity contribution in [3.05, 3.63) is 29.3 Å². The van der Waals surface area contributed by atoms with Crippen LogP contribution in [0.3, 0.4) is 0 Å². The molecule has 0 aromatic heterocycles. The summed E-state index contributed by atoms with van der Waals surface area (Å²) in [5, 5.41) is 9.09. The average molecular weight is 275 g/mol. The Bertz CT molecular complexity index is 470. The van der Waals surface area contributed by atoms with Gasteiger partial charge >= 0.3 is 5.97 Å². The summed E-state index contributed by atoms with van der Waals surface area (Å²) in [7, 11) is 0. The van der Waals surface area contributed by atoms with Crippen LogP contribution in [0.15, 0.2) is 18.2 Å². The molecule has 1 saturated heterocycles. The number of carboxylic acid groups (broad SMARTS) is 1. The Morgan fingerprint density at radius 1 is 1.35 bits per heavy atom. The molecule has 3 nitrogen and oxygen atoms in total. The molecular weight excluding hydrogens is 250 g/mol. The van der Waals surface area contributed by atoms with E-state index in [9.17, 15) is 4.79 Å². The number of carbonyl (C=O) groups is 1. The van der Waals surface area contributed by atoms with E-state index < -0.39 is 5.97 Å². The predicted octanol–water partition coefficient (Wildman–Crippen LogP) is 4.10. The second-order valence-corrected chi connectivity index (χ2v) is 5.88. The van der Waals surface area contributed by atoms with Gasteiger partial charge in [-0.15, -0.1) is 0 Å². The predicted molar refractivity (Wildman–Crippen MR) is 82.6 cm³/mol. The largest absolute Gasteiger partial charge is 0.478 e. The number of carboxylic acids is 1. The van der Waals surface area contributed by atoms with Gasteiger partial charge in [-0.3, -0.25) is 0 Å². The highest BCUT2D eigenvalue weighted by molar-refractivity contribution is 5.89. The minimum absolute atomic E-state index is 0.410. The number of hydrogen-bond donors (Lipinski definition) is 1. The molecule has 2 rings (SSSR count). The quantitative estimate of drug-likeness (QED) is 0.899. The van der Waals surface area contributed by atoms with Gasteiger partial charge in [-0.25, -0.2) is 4.79 Å². The van der Waals surface area contributed by atoms with Gasteiger partial charge in [0.05, 0.1) is 5.56 Å². The van der Waals surface area contributed by atoms with Gasteiger partial charge in [-0.1, -0.05) is 19.8 Å². The van der Waals surface area contributed by atoms with Gasteiger partial charge in [0.15, 0.2) is 0 Å². The van der Waals surface area contributed by atoms with Gasteiger partial charge in [0, 0.05) is 18.8 Å². The van der Waals surface area contributed by atoms with Crippen LogP contribution in [-0.4, -0.2) is 24.2 Å². The van der Waals surface area contributed by atoms with Crippen molar-refractivity contribution >= 4 is 11.7 Å². The third kappa shape index (κ3) is 3.53. The lowest BCUT2D eigenvalue weighted by Gasteiger charge is -2.23. The van der Waals surface area contributed by atoms with Crippen LogP contribution in [0.2, 0.25) is 0 Å². The molecule has 1 aliphatic rings. The highest BCUT2D eigenvalue weighted by Gasteiger charge is 2.17. The Balaban J connectivity index is 2.08. The molecule has 1 unspecified atom stereocenters. The zero-order chi connectivity index (χ0) is 14.5. The van der Waals surface area contributed by atoms with Gasteiger partial charge < -0.3 is 10.0 Å². The first-order valence-corrected chi connectivity index (χ1v) is 7.70. The zero-order valence-electron chi connectivity index (χ0n) is 12.6. The summed E-state index contributed by atoms with van der Waals surface area (Å²) in [4.78, 5) is 13.5. The number of rotatable bonds is 4. The van der Waals surface area contributed by atoms with Crippen LogP contribution in [0.4, 0.5) is 5.69 Å². The van der Waals surface area contributed by atoms with Crippen LogP contribution in [0, 0.1) is 12.8 Å². The van der Waals surface area contributed by atoms with Crippen molar-refractivity contribution in [1.82, 2.24) is 0 Å². The molecule has 1 aliphatic heterocycles.